The first-order valence-electron chi connectivity index (χ1n) is 36.7. The molecule has 0 atom stereocenters. The second kappa shape index (κ2) is 57.9. The Morgan fingerprint density at radius 2 is 0.803 bits per heavy atom. The van der Waals surface area contributed by atoms with Gasteiger partial charge >= 0.3 is 18.3 Å². The molecule has 3 N–H and O–H groups in total. The molecule has 658 valence electrons. The van der Waals surface area contributed by atoms with E-state index in [2.05, 4.69) is 169 Å². The van der Waals surface area contributed by atoms with Crippen molar-refractivity contribution in [3.63, 3.8) is 0 Å². The molecule has 6 aliphatic rings. The van der Waals surface area contributed by atoms with Crippen LogP contribution in [0.1, 0.15) is 88.3 Å². The number of aliphatic imine (C=N–C) groups is 6. The van der Waals surface area contributed by atoms with Crippen LogP contribution >= 0.6 is 0 Å². The van der Waals surface area contributed by atoms with Gasteiger partial charge in [0.2, 0.25) is 0 Å². The summed E-state index contributed by atoms with van der Waals surface area (Å²) >= 11 is 0. The summed E-state index contributed by atoms with van der Waals surface area (Å²) < 4.78 is 76.1. The number of carboxylic acid groups (broad SMARTS) is 1. The summed E-state index contributed by atoms with van der Waals surface area (Å²) in [6.07, 6.45) is -5.97. The molecule has 32 heteroatoms. The Labute approximate surface area is 791 Å². The van der Waals surface area contributed by atoms with Gasteiger partial charge in [-0.05, 0) is 96.8 Å². The molecule has 0 spiro atoms. The number of carboxylic acids is 1. The largest absolute Gasteiger partial charge is 0.512 e. The summed E-state index contributed by atoms with van der Waals surface area (Å²) in [5, 5.41) is 25.0. The van der Waals surface area contributed by atoms with E-state index < -0.39 is 29.4 Å². The molecule has 7 heterocycles. The summed E-state index contributed by atoms with van der Waals surface area (Å²) in [6, 6.07) is 81.5. The second-order valence-corrected chi connectivity index (χ2v) is 26.0. The third-order valence-electron chi connectivity index (χ3n) is 16.7. The number of hydrogen-bond acceptors (Lipinski definition) is 18. The molecule has 6 radical (unpaired) electrons. The van der Waals surface area contributed by atoms with Crippen LogP contribution in [0.3, 0.4) is 0 Å². The van der Waals surface area contributed by atoms with Crippen LogP contribution < -0.4 is 4.90 Å². The number of pyridine rings is 1. The van der Waals surface area contributed by atoms with E-state index in [1.165, 1.54) is 68.3 Å². The number of aromatic carboxylic acids is 1. The smallest absolute Gasteiger partial charge is 0.399 e. The van der Waals surface area contributed by atoms with Crippen molar-refractivity contribution in [2.75, 3.05) is 112 Å². The number of carbonyl (C=O) groups excluding carboxylic acids is 2. The van der Waals surface area contributed by atoms with Gasteiger partial charge in [0.25, 0.3) is 0 Å². The number of para-hydroxylation sites is 1. The number of amidine groups is 6. The van der Waals surface area contributed by atoms with E-state index in [-0.39, 0.29) is 167 Å². The Morgan fingerprint density at radius 3 is 1.16 bits per heavy atom. The SMILES string of the molecule is CC(=O)C=C(C)O.CC(=O)C=C(C)O.CN1CCN=C1c1[c-]c(C(F)(F)F)cc(C(F)(F)F)c1.CN1CCN=C1c1[c-]cccc1.CN1CCN=C1c1[c-]cccc1.O=C(O)c1ccccn1.[C-]#[N+]c1cc[c-]c(C2=NCCN2C)c1.[Ir].[Ir].[Ir].[Ir].[Ir].[Ir].[c-]1ccccc1C1=NCCN1Cc1ccccc1.[c-]1ccccc1C1=NCCN1c1ccccc1. The van der Waals surface area contributed by atoms with Crippen LogP contribution in [0.15, 0.2) is 266 Å². The molecule has 0 amide bonds. The van der Waals surface area contributed by atoms with E-state index in [1.807, 2.05) is 116 Å². The van der Waals surface area contributed by atoms with Crippen molar-refractivity contribution in [3.05, 3.63) is 340 Å². The zero-order valence-electron chi connectivity index (χ0n) is 67.6. The number of anilines is 1. The van der Waals surface area contributed by atoms with Crippen molar-refractivity contribution in [1.82, 2.24) is 29.5 Å². The number of halogens is 6. The number of ketones is 2. The maximum absolute atomic E-state index is 12.7. The molecule has 20 nitrogen and oxygen atoms in total. The topological polar surface area (TPSA) is 223 Å². The number of likely N-dealkylation sites (N-methyl/N-ethyl adjacent to an activating group) is 4. The molecule has 8 aromatic carbocycles. The van der Waals surface area contributed by atoms with Gasteiger partial charge in [0.1, 0.15) is 11.4 Å². The van der Waals surface area contributed by atoms with Crippen molar-refractivity contribution in [2.24, 2.45) is 30.0 Å². The third-order valence-corrected chi connectivity index (χ3v) is 16.7. The summed E-state index contributed by atoms with van der Waals surface area (Å²) in [4.78, 5) is 75.8. The van der Waals surface area contributed by atoms with Gasteiger partial charge in [0.15, 0.2) is 11.6 Å². The van der Waals surface area contributed by atoms with Crippen LogP contribution in [-0.2, 0) is 149 Å². The van der Waals surface area contributed by atoms with Crippen LogP contribution in [0.2, 0.25) is 0 Å². The zero-order valence-corrected chi connectivity index (χ0v) is 82.0. The summed E-state index contributed by atoms with van der Waals surface area (Å²) in [6.45, 7) is 23.6. The molecule has 0 bridgehead atoms. The minimum Gasteiger partial charge on any atom is -0.512 e. The van der Waals surface area contributed by atoms with Gasteiger partial charge < -0.3 is 74.7 Å². The monoisotopic (exact) mass is 2730 g/mol. The fourth-order valence-electron chi connectivity index (χ4n) is 11.4. The molecule has 0 unspecified atom stereocenters. The Kier molecular flexibility index (Phi) is 52.4. The minimum atomic E-state index is -4.90. The average molecular weight is 2730 g/mol. The van der Waals surface area contributed by atoms with Crippen molar-refractivity contribution in [3.8, 4) is 0 Å². The molecule has 1 aromatic heterocycles. The van der Waals surface area contributed by atoms with E-state index in [1.54, 1.807) is 31.3 Å². The van der Waals surface area contributed by atoms with E-state index >= 15 is 0 Å². The second-order valence-electron chi connectivity index (χ2n) is 26.0. The normalized spacial score (nSPS) is 13.9. The quantitative estimate of drug-likeness (QED) is 0.0449. The third kappa shape index (κ3) is 38.1. The van der Waals surface area contributed by atoms with Gasteiger partial charge in [-0.3, -0.25) is 14.4 Å². The first-order valence-corrected chi connectivity index (χ1v) is 36.7. The summed E-state index contributed by atoms with van der Waals surface area (Å²) in [7, 11) is 7.68. The Balaban J connectivity index is 0.000000694. The number of hydrogen-bond donors (Lipinski definition) is 3. The van der Waals surface area contributed by atoms with Crippen molar-refractivity contribution < 1.29 is 177 Å². The number of alkyl halides is 6. The number of allylic oxidation sites excluding steroid dienone is 4. The average Bonchev–Trinajstić information content (AvgIpc) is 0.846. The van der Waals surface area contributed by atoms with E-state index in [0.717, 1.165) is 129 Å². The Bertz CT molecular complexity index is 4810. The van der Waals surface area contributed by atoms with Crippen LogP contribution in [-0.4, -0.2) is 204 Å². The van der Waals surface area contributed by atoms with Gasteiger partial charge in [-0.2, -0.15) is 32.4 Å². The van der Waals surface area contributed by atoms with Crippen LogP contribution in [0.25, 0.3) is 4.85 Å². The zero-order chi connectivity index (χ0) is 84.0. The van der Waals surface area contributed by atoms with E-state index in [0.29, 0.717) is 24.8 Å². The van der Waals surface area contributed by atoms with Gasteiger partial charge in [-0.1, -0.05) is 54.6 Å². The summed E-state index contributed by atoms with van der Waals surface area (Å²) in [5.74, 6) is 4.13. The van der Waals surface area contributed by atoms with Crippen molar-refractivity contribution >= 4 is 63.9 Å². The first kappa shape index (κ1) is 111. The molecule has 6 aliphatic heterocycles. The molecule has 122 heavy (non-hydrogen) atoms. The van der Waals surface area contributed by atoms with E-state index in [4.69, 9.17) is 21.9 Å². The maximum atomic E-state index is 12.7. The van der Waals surface area contributed by atoms with Crippen molar-refractivity contribution in [2.45, 2.75) is 46.6 Å². The predicted molar refractivity (Wildman–Crippen MR) is 443 cm³/mol. The van der Waals surface area contributed by atoms with Crippen LogP contribution in [0.4, 0.5) is 37.7 Å². The number of aliphatic hydroxyl groups excluding tert-OH is 2. The maximum Gasteiger partial charge on any atom is 0.399 e. The van der Waals surface area contributed by atoms with Crippen LogP contribution in [0.5, 0.6) is 0 Å². The van der Waals surface area contributed by atoms with Gasteiger partial charge in [0, 0.05) is 259 Å². The number of aliphatic hydroxyl groups is 2. The standard InChI is InChI=1S/C16H15N2.C15H13N2.C12H9F6N2.C11H10N3.2C10H11N2.C6H5NO2.2C5H8O2.6Ir/c1-3-7-14(8-4-1)13-18-12-11-17-16(18)15-9-5-2-6-10-15;1-3-7-13(8-4-1)15-16-11-12-17(15)14-9-5-2-6-10-14;1-20-3-2-19-10(20)7-4-8(11(13,14)15)6-9(5-7)12(16,17)18;1-12-10-5-3-4-9(8-10)11-13-6-7-14(11)2;2*1-12-8-7-11-10(12)9-5-3-2-4-6-9;8-6(9)5-3-1-2-4-7-5;2*1-4(6)3-5(2)7;;;;;;/h1-9H,11-13H2;1-7,9-10H,11-12H2;4,6H,2-3H2,1H3;3,5,8H,6-7H2,2H3;2*2-5H,7-8H2,1H3;1-4H,(H,8,9);2*3,6H,1-2H3;;;;;;/q6*-1;;;;;;;;;. The minimum absolute atomic E-state index is 0. The van der Waals surface area contributed by atoms with Gasteiger partial charge in [-0.25, -0.2) is 9.78 Å². The fourth-order valence-corrected chi connectivity index (χ4v) is 11.4. The molecule has 0 aliphatic carbocycles. The number of carbonyl (C=O) groups is 3. The number of rotatable bonds is 12. The van der Waals surface area contributed by atoms with Gasteiger partial charge in [-0.15, -0.1) is 191 Å². The Morgan fingerprint density at radius 1 is 0.426 bits per heavy atom. The fraction of sp³-hybridized carbons (Fsp3) is 0.256. The summed E-state index contributed by atoms with van der Waals surface area (Å²) in [5.41, 5.74) is 5.38. The van der Waals surface area contributed by atoms with Crippen LogP contribution in [0, 0.1) is 43.0 Å². The molecular formula is C90H90F6Ir6N14O6-6. The number of nitrogens with zero attached hydrogens (tertiary/aromatic N) is 14. The van der Waals surface area contributed by atoms with E-state index in [9.17, 15) is 40.7 Å². The van der Waals surface area contributed by atoms with Gasteiger partial charge in [0.05, 0.1) is 23.9 Å². The predicted octanol–water partition coefficient (Wildman–Crippen LogP) is 15.6. The number of aromatic nitrogens is 1. The molecule has 0 fully saturated rings. The Hall–Kier alpha value is -9.41. The van der Waals surface area contributed by atoms with Crippen molar-refractivity contribution in [1.29, 1.82) is 0 Å². The molecule has 9 aromatic rings. The molecule has 0 saturated carbocycles. The number of benzene rings is 8. The molecular weight excluding hydrogens is 2640 g/mol. The molecule has 0 saturated heterocycles. The molecule has 15 rings (SSSR count). The first-order chi connectivity index (χ1) is 55.6.